The molecule has 9 N–H and O–H groups in total. The highest BCUT2D eigenvalue weighted by atomic mass is 19.4. The first-order valence-corrected chi connectivity index (χ1v) is 12.4. The highest BCUT2D eigenvalue weighted by Gasteiger charge is 2.31. The fourth-order valence-electron chi connectivity index (χ4n) is 3.38. The van der Waals surface area contributed by atoms with Gasteiger partial charge in [-0.1, -0.05) is 42.5 Å². The molecule has 0 fully saturated rings. The zero-order chi connectivity index (χ0) is 31.1. The molecule has 16 heteroatoms. The van der Waals surface area contributed by atoms with E-state index in [4.69, 9.17) is 17.4 Å². The van der Waals surface area contributed by atoms with E-state index >= 15 is 0 Å². The number of rotatable bonds is 15. The topological polar surface area (TPSA) is 194 Å². The van der Waals surface area contributed by atoms with Gasteiger partial charge < -0.3 is 37.1 Å². The second-order valence-electron chi connectivity index (χ2n) is 8.71. The van der Waals surface area contributed by atoms with Gasteiger partial charge in [0.2, 0.25) is 0 Å². The number of nitrogens with two attached hydrogens (primary N) is 3. The SMILES string of the molecule is NN=C(C=NCC(F)CCN(N)/C=C(\N)C(=O)NCc1cccc(OC(F)(F)F)c1)C(=O)NC(CO)c1ccccc1. The van der Waals surface area contributed by atoms with Crippen molar-refractivity contribution in [2.24, 2.45) is 27.5 Å². The van der Waals surface area contributed by atoms with Gasteiger partial charge >= 0.3 is 6.36 Å². The minimum atomic E-state index is -4.85. The molecular formula is C26H32F4N8O4. The standard InChI is InChI=1S/C26H32F4N8O4/c27-19(13-34-14-22(37-32)25(41)36-23(16-39)18-6-2-1-3-7-18)9-10-38(33)15-21(31)24(40)35-12-17-5-4-8-20(11-17)42-26(28,29)30/h1-8,11,14-15,19,23,39H,9-10,12-13,16,31-33H2,(H,35,40)(H,36,41)/b21-15-,34-14?,37-22?. The predicted molar refractivity (Wildman–Crippen MR) is 147 cm³/mol. The number of nitrogens with one attached hydrogen (secondary N) is 2. The molecular weight excluding hydrogens is 564 g/mol. The number of aliphatic imine (C=N–C) groups is 1. The number of hydrogen-bond acceptors (Lipinski definition) is 10. The van der Waals surface area contributed by atoms with Crippen LogP contribution in [-0.2, 0) is 16.1 Å². The number of hydrazone groups is 1. The second-order valence-corrected chi connectivity index (χ2v) is 8.71. The van der Waals surface area contributed by atoms with Crippen LogP contribution in [0.1, 0.15) is 23.6 Å². The number of aliphatic hydroxyl groups is 1. The number of hydrogen-bond donors (Lipinski definition) is 6. The monoisotopic (exact) mass is 596 g/mol. The summed E-state index contributed by atoms with van der Waals surface area (Å²) < 4.78 is 55.3. The minimum absolute atomic E-state index is 0.0604. The van der Waals surface area contributed by atoms with E-state index in [2.05, 4.69) is 25.5 Å². The van der Waals surface area contributed by atoms with Gasteiger partial charge in [-0.05, 0) is 29.7 Å². The summed E-state index contributed by atoms with van der Waals surface area (Å²) in [5, 5.41) is 18.9. The fourth-order valence-corrected chi connectivity index (χ4v) is 3.38. The third-order valence-corrected chi connectivity index (χ3v) is 5.43. The van der Waals surface area contributed by atoms with Crippen LogP contribution in [0.2, 0.25) is 0 Å². The molecule has 2 rings (SSSR count). The number of amides is 2. The summed E-state index contributed by atoms with van der Waals surface area (Å²) in [7, 11) is 0. The molecule has 2 aromatic carbocycles. The molecule has 2 unspecified atom stereocenters. The van der Waals surface area contributed by atoms with E-state index in [-0.39, 0.29) is 44.1 Å². The molecule has 0 aliphatic carbocycles. The van der Waals surface area contributed by atoms with Crippen LogP contribution >= 0.6 is 0 Å². The number of aliphatic hydroxyl groups excluding tert-OH is 1. The van der Waals surface area contributed by atoms with Crippen LogP contribution in [0.3, 0.4) is 0 Å². The number of alkyl halides is 4. The summed E-state index contributed by atoms with van der Waals surface area (Å²) >= 11 is 0. The maximum Gasteiger partial charge on any atom is 0.573 e. The Hall–Kier alpha value is -4.70. The third kappa shape index (κ3) is 12.2. The Morgan fingerprint density at radius 1 is 1.12 bits per heavy atom. The van der Waals surface area contributed by atoms with Crippen molar-refractivity contribution in [1.82, 2.24) is 15.6 Å². The molecule has 2 atom stereocenters. The van der Waals surface area contributed by atoms with Crippen LogP contribution in [0.25, 0.3) is 0 Å². The summed E-state index contributed by atoms with van der Waals surface area (Å²) in [4.78, 5) is 28.5. The summed E-state index contributed by atoms with van der Waals surface area (Å²) in [5.74, 6) is 9.10. The molecule has 2 amide bonds. The van der Waals surface area contributed by atoms with Gasteiger partial charge in [-0.3, -0.25) is 14.6 Å². The first kappa shape index (κ1) is 33.5. The van der Waals surface area contributed by atoms with Crippen molar-refractivity contribution in [1.29, 1.82) is 0 Å². The van der Waals surface area contributed by atoms with Crippen molar-refractivity contribution < 1.29 is 37.0 Å². The molecule has 0 aliphatic heterocycles. The van der Waals surface area contributed by atoms with Crippen LogP contribution < -0.4 is 32.8 Å². The van der Waals surface area contributed by atoms with Gasteiger partial charge in [-0.25, -0.2) is 10.2 Å². The lowest BCUT2D eigenvalue weighted by atomic mass is 10.1. The van der Waals surface area contributed by atoms with Crippen LogP contribution in [0, 0.1) is 0 Å². The predicted octanol–water partition coefficient (Wildman–Crippen LogP) is 1.14. The fraction of sp³-hybridized carbons (Fsp3) is 0.308. The number of carbonyl (C=O) groups is 2. The third-order valence-electron chi connectivity index (χ3n) is 5.43. The number of nitrogens with zero attached hydrogens (tertiary/aromatic N) is 3. The summed E-state index contributed by atoms with van der Waals surface area (Å²) in [6.07, 6.45) is -4.38. The Morgan fingerprint density at radius 2 is 1.83 bits per heavy atom. The Morgan fingerprint density at radius 3 is 2.48 bits per heavy atom. The second kappa shape index (κ2) is 16.5. The summed E-state index contributed by atoms with van der Waals surface area (Å²) in [6.45, 7) is -0.924. The molecule has 228 valence electrons. The number of benzene rings is 2. The van der Waals surface area contributed by atoms with Gasteiger partial charge in [0.25, 0.3) is 11.8 Å². The summed E-state index contributed by atoms with van der Waals surface area (Å²) in [5.41, 5.74) is 6.09. The lowest BCUT2D eigenvalue weighted by Crippen LogP contribution is -2.37. The van der Waals surface area contributed by atoms with Gasteiger partial charge in [0.05, 0.1) is 25.4 Å². The normalized spacial score (nSPS) is 13.9. The van der Waals surface area contributed by atoms with E-state index in [1.54, 1.807) is 30.3 Å². The maximum atomic E-state index is 14.3. The Labute approximate surface area is 238 Å². The number of hydrazine groups is 1. The van der Waals surface area contributed by atoms with Crippen LogP contribution in [0.5, 0.6) is 5.75 Å². The zero-order valence-corrected chi connectivity index (χ0v) is 22.3. The molecule has 0 saturated carbocycles. The van der Waals surface area contributed by atoms with Gasteiger partial charge in [0, 0.05) is 19.3 Å². The van der Waals surface area contributed by atoms with Crippen LogP contribution in [0.4, 0.5) is 17.6 Å². The van der Waals surface area contributed by atoms with E-state index < -0.39 is 36.1 Å². The van der Waals surface area contributed by atoms with Gasteiger partial charge in [-0.15, -0.1) is 13.2 Å². The first-order valence-electron chi connectivity index (χ1n) is 12.4. The van der Waals surface area contributed by atoms with E-state index in [1.165, 1.54) is 12.1 Å². The molecule has 0 radical (unpaired) electrons. The molecule has 12 nitrogen and oxygen atoms in total. The van der Waals surface area contributed by atoms with E-state index in [0.717, 1.165) is 29.6 Å². The highest BCUT2D eigenvalue weighted by Crippen LogP contribution is 2.23. The van der Waals surface area contributed by atoms with E-state index in [0.29, 0.717) is 11.1 Å². The lowest BCUT2D eigenvalue weighted by molar-refractivity contribution is -0.274. The molecule has 2 aromatic rings. The molecule has 0 bridgehead atoms. The maximum absolute atomic E-state index is 14.3. The number of ether oxygens (including phenoxy) is 1. The molecule has 0 aliphatic rings. The van der Waals surface area contributed by atoms with E-state index in [9.17, 15) is 32.3 Å². The lowest BCUT2D eigenvalue weighted by Gasteiger charge is -2.16. The molecule has 42 heavy (non-hydrogen) atoms. The van der Waals surface area contributed by atoms with Crippen molar-refractivity contribution in [3.8, 4) is 5.75 Å². The van der Waals surface area contributed by atoms with Crippen molar-refractivity contribution >= 4 is 23.7 Å². The van der Waals surface area contributed by atoms with Crippen LogP contribution in [0.15, 0.2) is 76.6 Å². The number of halogens is 4. The van der Waals surface area contributed by atoms with Gasteiger partial charge in [0.1, 0.15) is 17.6 Å². The van der Waals surface area contributed by atoms with Gasteiger partial charge in [0.15, 0.2) is 5.71 Å². The largest absolute Gasteiger partial charge is 0.573 e. The molecule has 0 spiro atoms. The molecule has 0 saturated heterocycles. The van der Waals surface area contributed by atoms with Crippen molar-refractivity contribution in [3.63, 3.8) is 0 Å². The van der Waals surface area contributed by atoms with E-state index in [1.807, 2.05) is 0 Å². The average Bonchev–Trinajstić information content (AvgIpc) is 2.95. The van der Waals surface area contributed by atoms with Gasteiger partial charge in [-0.2, -0.15) is 5.10 Å². The summed E-state index contributed by atoms with van der Waals surface area (Å²) in [6, 6.07) is 13.0. The van der Waals surface area contributed by atoms with Crippen LogP contribution in [-0.4, -0.2) is 66.1 Å². The Balaban J connectivity index is 1.78. The number of carbonyl (C=O) groups excluding carboxylic acids is 2. The Kier molecular flexibility index (Phi) is 13.2. The quantitative estimate of drug-likeness (QED) is 0.0579. The first-order chi connectivity index (χ1) is 19.9. The van der Waals surface area contributed by atoms with Crippen molar-refractivity contribution in [2.45, 2.75) is 31.5 Å². The average molecular weight is 597 g/mol. The Bertz CT molecular complexity index is 1260. The minimum Gasteiger partial charge on any atom is -0.406 e. The van der Waals surface area contributed by atoms with Crippen molar-refractivity contribution in [2.75, 3.05) is 19.7 Å². The zero-order valence-electron chi connectivity index (χ0n) is 22.3. The smallest absolute Gasteiger partial charge is 0.406 e. The molecule has 0 aromatic heterocycles. The van der Waals surface area contributed by atoms with Crippen molar-refractivity contribution in [3.05, 3.63) is 77.6 Å². The highest BCUT2D eigenvalue weighted by molar-refractivity contribution is 6.60. The molecule has 0 heterocycles.